The van der Waals surface area contributed by atoms with Crippen LogP contribution in [0.4, 0.5) is 0 Å². The van der Waals surface area contributed by atoms with Crippen molar-refractivity contribution in [2.75, 3.05) is 20.2 Å². The number of methoxy groups -OCH3 is 1. The number of nitrogens with zero attached hydrogens (tertiary/aromatic N) is 2. The SMILES string of the molecule is CCN(CC)C(C#N)c1ccc(OC)c(Cl)c1. The Hall–Kier alpha value is -1.24. The van der Waals surface area contributed by atoms with Crippen molar-refractivity contribution in [3.05, 3.63) is 28.8 Å². The van der Waals surface area contributed by atoms with Crippen LogP contribution in [-0.4, -0.2) is 25.1 Å². The molecule has 0 N–H and O–H groups in total. The van der Waals surface area contributed by atoms with Gasteiger partial charge in [0.2, 0.25) is 0 Å². The summed E-state index contributed by atoms with van der Waals surface area (Å²) < 4.78 is 5.10. The summed E-state index contributed by atoms with van der Waals surface area (Å²) in [5, 5.41) is 9.80. The van der Waals surface area contributed by atoms with Crippen LogP contribution in [0, 0.1) is 11.3 Å². The zero-order valence-corrected chi connectivity index (χ0v) is 11.2. The molecule has 1 rings (SSSR count). The summed E-state index contributed by atoms with van der Waals surface area (Å²) in [6.07, 6.45) is 0. The van der Waals surface area contributed by atoms with Crippen molar-refractivity contribution in [1.29, 1.82) is 5.26 Å². The highest BCUT2D eigenvalue weighted by atomic mass is 35.5. The van der Waals surface area contributed by atoms with E-state index < -0.39 is 0 Å². The largest absolute Gasteiger partial charge is 0.495 e. The third-order valence-corrected chi connectivity index (χ3v) is 3.09. The fourth-order valence-electron chi connectivity index (χ4n) is 1.81. The first-order valence-electron chi connectivity index (χ1n) is 5.65. The van der Waals surface area contributed by atoms with E-state index in [4.69, 9.17) is 16.3 Å². The van der Waals surface area contributed by atoms with Gasteiger partial charge in [0.05, 0.1) is 18.2 Å². The van der Waals surface area contributed by atoms with E-state index in [1.54, 1.807) is 19.2 Å². The van der Waals surface area contributed by atoms with E-state index in [0.717, 1.165) is 18.7 Å². The van der Waals surface area contributed by atoms with E-state index in [9.17, 15) is 5.26 Å². The van der Waals surface area contributed by atoms with Gasteiger partial charge in [-0.1, -0.05) is 31.5 Å². The van der Waals surface area contributed by atoms with Crippen molar-refractivity contribution in [1.82, 2.24) is 4.90 Å². The van der Waals surface area contributed by atoms with E-state index in [1.165, 1.54) is 0 Å². The molecule has 1 unspecified atom stereocenters. The zero-order chi connectivity index (χ0) is 12.8. The molecule has 92 valence electrons. The molecule has 0 heterocycles. The molecule has 1 aromatic carbocycles. The van der Waals surface area contributed by atoms with E-state index in [1.807, 2.05) is 19.9 Å². The van der Waals surface area contributed by atoms with Crippen LogP contribution in [0.1, 0.15) is 25.5 Å². The number of nitriles is 1. The summed E-state index contributed by atoms with van der Waals surface area (Å²) in [5.74, 6) is 0.631. The van der Waals surface area contributed by atoms with Crippen molar-refractivity contribution in [3.63, 3.8) is 0 Å². The number of benzene rings is 1. The van der Waals surface area contributed by atoms with Gasteiger partial charge in [-0.05, 0) is 30.8 Å². The first kappa shape index (κ1) is 13.8. The van der Waals surface area contributed by atoms with Crippen LogP contribution in [-0.2, 0) is 0 Å². The second-order valence-corrected chi connectivity index (χ2v) is 4.05. The maximum Gasteiger partial charge on any atom is 0.137 e. The fraction of sp³-hybridized carbons (Fsp3) is 0.462. The quantitative estimate of drug-likeness (QED) is 0.807. The molecule has 0 aliphatic carbocycles. The van der Waals surface area contributed by atoms with Crippen LogP contribution in [0.25, 0.3) is 0 Å². The Morgan fingerprint density at radius 1 is 1.41 bits per heavy atom. The molecule has 0 aliphatic rings. The molecule has 0 bridgehead atoms. The fourth-order valence-corrected chi connectivity index (χ4v) is 2.07. The Labute approximate surface area is 108 Å². The van der Waals surface area contributed by atoms with Crippen molar-refractivity contribution < 1.29 is 4.74 Å². The van der Waals surface area contributed by atoms with E-state index in [0.29, 0.717) is 10.8 Å². The molecule has 0 aromatic heterocycles. The summed E-state index contributed by atoms with van der Waals surface area (Å²) in [5.41, 5.74) is 0.905. The number of hydrogen-bond acceptors (Lipinski definition) is 3. The Kier molecular flexibility index (Phi) is 5.27. The highest BCUT2D eigenvalue weighted by Gasteiger charge is 2.18. The number of hydrogen-bond donors (Lipinski definition) is 0. The number of rotatable bonds is 5. The van der Waals surface area contributed by atoms with E-state index >= 15 is 0 Å². The van der Waals surface area contributed by atoms with Crippen LogP contribution in [0.2, 0.25) is 5.02 Å². The summed E-state index contributed by atoms with van der Waals surface area (Å²) in [6.45, 7) is 5.74. The second kappa shape index (κ2) is 6.48. The minimum atomic E-state index is -0.256. The van der Waals surface area contributed by atoms with Gasteiger partial charge >= 0.3 is 0 Å². The molecule has 0 saturated carbocycles. The van der Waals surface area contributed by atoms with Gasteiger partial charge in [0, 0.05) is 0 Å². The molecule has 0 aliphatic heterocycles. The monoisotopic (exact) mass is 252 g/mol. The van der Waals surface area contributed by atoms with Crippen molar-refractivity contribution in [3.8, 4) is 11.8 Å². The Morgan fingerprint density at radius 2 is 2.06 bits per heavy atom. The molecule has 0 amide bonds. The molecule has 0 saturated heterocycles. The third kappa shape index (κ3) is 3.12. The topological polar surface area (TPSA) is 36.3 Å². The summed E-state index contributed by atoms with van der Waals surface area (Å²) in [7, 11) is 1.58. The predicted molar refractivity (Wildman–Crippen MR) is 69.3 cm³/mol. The first-order chi connectivity index (χ1) is 8.17. The predicted octanol–water partition coefficient (Wildman–Crippen LogP) is 3.26. The standard InChI is InChI=1S/C13H17ClN2O/c1-4-16(5-2)12(9-15)10-6-7-13(17-3)11(14)8-10/h6-8,12H,4-5H2,1-3H3. The van der Waals surface area contributed by atoms with Crippen molar-refractivity contribution >= 4 is 11.6 Å². The lowest BCUT2D eigenvalue weighted by Crippen LogP contribution is -2.27. The van der Waals surface area contributed by atoms with Gasteiger partial charge in [-0.3, -0.25) is 4.90 Å². The summed E-state index contributed by atoms with van der Waals surface area (Å²) >= 11 is 6.07. The molecule has 0 spiro atoms. The highest BCUT2D eigenvalue weighted by Crippen LogP contribution is 2.29. The maximum atomic E-state index is 9.26. The maximum absolute atomic E-state index is 9.26. The molecule has 1 aromatic rings. The first-order valence-corrected chi connectivity index (χ1v) is 6.02. The average molecular weight is 253 g/mol. The van der Waals surface area contributed by atoms with Gasteiger partial charge < -0.3 is 4.74 Å². The Balaban J connectivity index is 3.05. The van der Waals surface area contributed by atoms with Crippen LogP contribution in [0.3, 0.4) is 0 Å². The third-order valence-electron chi connectivity index (χ3n) is 2.79. The smallest absolute Gasteiger partial charge is 0.137 e. The number of ether oxygens (including phenoxy) is 1. The van der Waals surface area contributed by atoms with Gasteiger partial charge in [0.1, 0.15) is 11.8 Å². The van der Waals surface area contributed by atoms with Gasteiger partial charge in [-0.25, -0.2) is 0 Å². The average Bonchev–Trinajstić information content (AvgIpc) is 2.35. The lowest BCUT2D eigenvalue weighted by Gasteiger charge is -2.24. The van der Waals surface area contributed by atoms with Gasteiger partial charge in [-0.2, -0.15) is 5.26 Å². The molecule has 0 radical (unpaired) electrons. The second-order valence-electron chi connectivity index (χ2n) is 3.65. The summed E-state index contributed by atoms with van der Waals surface area (Å²) in [4.78, 5) is 2.08. The molecular weight excluding hydrogens is 236 g/mol. The molecule has 3 nitrogen and oxygen atoms in total. The number of halogens is 1. The van der Waals surface area contributed by atoms with Crippen LogP contribution in [0.5, 0.6) is 5.75 Å². The zero-order valence-electron chi connectivity index (χ0n) is 10.4. The highest BCUT2D eigenvalue weighted by molar-refractivity contribution is 6.32. The van der Waals surface area contributed by atoms with Gasteiger partial charge in [0.15, 0.2) is 0 Å². The molecule has 0 fully saturated rings. The molecule has 1 atom stereocenters. The van der Waals surface area contributed by atoms with Crippen LogP contribution >= 0.6 is 11.6 Å². The summed E-state index contributed by atoms with van der Waals surface area (Å²) in [6, 6.07) is 7.54. The minimum absolute atomic E-state index is 0.256. The van der Waals surface area contributed by atoms with Crippen molar-refractivity contribution in [2.24, 2.45) is 0 Å². The van der Waals surface area contributed by atoms with E-state index in [-0.39, 0.29) is 6.04 Å². The van der Waals surface area contributed by atoms with Crippen LogP contribution < -0.4 is 4.74 Å². The Bertz CT molecular complexity index is 410. The Morgan fingerprint density at radius 3 is 2.47 bits per heavy atom. The van der Waals surface area contributed by atoms with Crippen molar-refractivity contribution in [2.45, 2.75) is 19.9 Å². The molecule has 4 heteroatoms. The molecule has 17 heavy (non-hydrogen) atoms. The lowest BCUT2D eigenvalue weighted by molar-refractivity contribution is 0.262. The normalized spacial score (nSPS) is 12.2. The molecular formula is C13H17ClN2O. The van der Waals surface area contributed by atoms with Crippen LogP contribution in [0.15, 0.2) is 18.2 Å². The van der Waals surface area contributed by atoms with Gasteiger partial charge in [0.25, 0.3) is 0 Å². The van der Waals surface area contributed by atoms with E-state index in [2.05, 4.69) is 11.0 Å². The minimum Gasteiger partial charge on any atom is -0.495 e. The van der Waals surface area contributed by atoms with Gasteiger partial charge in [-0.15, -0.1) is 0 Å². The lowest BCUT2D eigenvalue weighted by atomic mass is 10.1.